The van der Waals surface area contributed by atoms with E-state index in [1.54, 1.807) is 19.4 Å². The molecule has 2 aliphatic rings. The van der Waals surface area contributed by atoms with Crippen molar-refractivity contribution in [3.8, 4) is 5.88 Å². The second-order valence-electron chi connectivity index (χ2n) is 4.76. The van der Waals surface area contributed by atoms with Crippen molar-refractivity contribution in [1.29, 1.82) is 0 Å². The molecule has 1 saturated carbocycles. The third-order valence-corrected chi connectivity index (χ3v) is 3.47. The molecule has 16 heavy (non-hydrogen) atoms. The van der Waals surface area contributed by atoms with E-state index in [2.05, 4.69) is 14.9 Å². The number of rotatable bonds is 3. The molecule has 1 aromatic rings. The van der Waals surface area contributed by atoms with E-state index in [0.29, 0.717) is 11.8 Å². The summed E-state index contributed by atoms with van der Waals surface area (Å²) in [6.07, 6.45) is 4.28. The minimum absolute atomic E-state index is 0.00639. The maximum Gasteiger partial charge on any atom is 0.228 e. The fourth-order valence-electron chi connectivity index (χ4n) is 2.32. The number of ether oxygens (including phenoxy) is 1. The van der Waals surface area contributed by atoms with Gasteiger partial charge in [0.2, 0.25) is 11.8 Å². The minimum atomic E-state index is 0.00639. The Morgan fingerprint density at radius 2 is 2.25 bits per heavy atom. The van der Waals surface area contributed by atoms with Gasteiger partial charge in [-0.1, -0.05) is 0 Å². The highest BCUT2D eigenvalue weighted by molar-refractivity contribution is 5.40. The first-order valence-electron chi connectivity index (χ1n) is 5.62. The molecular weight excluding hydrogens is 204 g/mol. The number of nitrogens with two attached hydrogens (primary N) is 1. The number of nitrogens with zero attached hydrogens (tertiary/aromatic N) is 3. The first kappa shape index (κ1) is 9.84. The van der Waals surface area contributed by atoms with E-state index < -0.39 is 0 Å². The van der Waals surface area contributed by atoms with Crippen LogP contribution < -0.4 is 15.4 Å². The van der Waals surface area contributed by atoms with E-state index in [1.165, 1.54) is 12.8 Å². The predicted octanol–water partition coefficient (Wildman–Crippen LogP) is 0.413. The van der Waals surface area contributed by atoms with Crippen LogP contribution in [-0.2, 0) is 0 Å². The molecule has 0 atom stereocenters. The van der Waals surface area contributed by atoms with E-state index in [-0.39, 0.29) is 5.54 Å². The Morgan fingerprint density at radius 1 is 1.50 bits per heavy atom. The lowest BCUT2D eigenvalue weighted by molar-refractivity contribution is 0.286. The topological polar surface area (TPSA) is 64.3 Å². The number of anilines is 1. The summed E-state index contributed by atoms with van der Waals surface area (Å²) in [6, 6.07) is 1.75. The van der Waals surface area contributed by atoms with Crippen molar-refractivity contribution in [2.24, 2.45) is 11.7 Å². The standard InChI is InChI=1S/C11H16N4O/c1-16-9-4-5-13-10(14-9)15-6-11(12,7-15)8-2-3-8/h4-5,8H,2-3,6-7,12H2,1H3. The van der Waals surface area contributed by atoms with Crippen LogP contribution in [0.15, 0.2) is 12.3 Å². The number of hydrogen-bond donors (Lipinski definition) is 1. The summed E-state index contributed by atoms with van der Waals surface area (Å²) in [5.41, 5.74) is 6.28. The summed E-state index contributed by atoms with van der Waals surface area (Å²) >= 11 is 0. The normalized spacial score (nSPS) is 22.8. The summed E-state index contributed by atoms with van der Waals surface area (Å²) < 4.78 is 5.08. The predicted molar refractivity (Wildman–Crippen MR) is 60.4 cm³/mol. The molecule has 0 amide bonds. The Labute approximate surface area is 94.6 Å². The molecule has 1 aromatic heterocycles. The molecular formula is C11H16N4O. The lowest BCUT2D eigenvalue weighted by atomic mass is 9.86. The first-order chi connectivity index (χ1) is 7.71. The van der Waals surface area contributed by atoms with Gasteiger partial charge in [0.25, 0.3) is 0 Å². The summed E-state index contributed by atoms with van der Waals surface area (Å²) in [5, 5.41) is 0. The summed E-state index contributed by atoms with van der Waals surface area (Å²) in [4.78, 5) is 10.6. The molecule has 2 fully saturated rings. The van der Waals surface area contributed by atoms with Crippen molar-refractivity contribution >= 4 is 5.95 Å². The summed E-state index contributed by atoms with van der Waals surface area (Å²) in [7, 11) is 1.61. The Balaban J connectivity index is 1.70. The van der Waals surface area contributed by atoms with E-state index >= 15 is 0 Å². The van der Waals surface area contributed by atoms with Crippen LogP contribution in [0.1, 0.15) is 12.8 Å². The molecule has 0 spiro atoms. The van der Waals surface area contributed by atoms with Crippen molar-refractivity contribution in [3.63, 3.8) is 0 Å². The van der Waals surface area contributed by atoms with Gasteiger partial charge in [-0.25, -0.2) is 4.98 Å². The third kappa shape index (κ3) is 1.51. The molecule has 5 heteroatoms. The molecule has 86 valence electrons. The Hall–Kier alpha value is -1.36. The van der Waals surface area contributed by atoms with Crippen LogP contribution in [0.5, 0.6) is 5.88 Å². The zero-order valence-corrected chi connectivity index (χ0v) is 9.39. The smallest absolute Gasteiger partial charge is 0.228 e. The van der Waals surface area contributed by atoms with Gasteiger partial charge in [-0.15, -0.1) is 0 Å². The van der Waals surface area contributed by atoms with Crippen LogP contribution >= 0.6 is 0 Å². The summed E-state index contributed by atoms with van der Waals surface area (Å²) in [5.74, 6) is 2.04. The lowest BCUT2D eigenvalue weighted by Gasteiger charge is -2.48. The van der Waals surface area contributed by atoms with Crippen LogP contribution in [0.3, 0.4) is 0 Å². The second kappa shape index (κ2) is 3.31. The molecule has 1 aliphatic heterocycles. The van der Waals surface area contributed by atoms with E-state index in [1.807, 2.05) is 0 Å². The van der Waals surface area contributed by atoms with Gasteiger partial charge in [0, 0.05) is 25.4 Å². The number of aromatic nitrogens is 2. The van der Waals surface area contributed by atoms with E-state index in [0.717, 1.165) is 19.0 Å². The van der Waals surface area contributed by atoms with E-state index in [4.69, 9.17) is 10.5 Å². The SMILES string of the molecule is COc1ccnc(N2CC(N)(C3CC3)C2)n1. The highest BCUT2D eigenvalue weighted by atomic mass is 16.5. The Bertz CT molecular complexity index is 399. The first-order valence-corrected chi connectivity index (χ1v) is 5.62. The van der Waals surface area contributed by atoms with Gasteiger partial charge in [0.15, 0.2) is 0 Å². The third-order valence-electron chi connectivity index (χ3n) is 3.47. The zero-order chi connectivity index (χ0) is 11.2. The van der Waals surface area contributed by atoms with Gasteiger partial charge in [-0.2, -0.15) is 4.98 Å². The van der Waals surface area contributed by atoms with Gasteiger partial charge in [0.1, 0.15) is 0 Å². The van der Waals surface area contributed by atoms with Crippen LogP contribution in [0.4, 0.5) is 5.95 Å². The average Bonchev–Trinajstić information content (AvgIpc) is 3.09. The van der Waals surface area contributed by atoms with Gasteiger partial charge in [-0.3, -0.25) is 0 Å². The van der Waals surface area contributed by atoms with Crippen molar-refractivity contribution in [1.82, 2.24) is 9.97 Å². The maximum absolute atomic E-state index is 6.28. The zero-order valence-electron chi connectivity index (χ0n) is 9.39. The van der Waals surface area contributed by atoms with Crippen molar-refractivity contribution in [2.45, 2.75) is 18.4 Å². The Morgan fingerprint density at radius 3 is 2.88 bits per heavy atom. The van der Waals surface area contributed by atoms with Crippen molar-refractivity contribution < 1.29 is 4.74 Å². The van der Waals surface area contributed by atoms with Crippen LogP contribution in [0, 0.1) is 5.92 Å². The van der Waals surface area contributed by atoms with Gasteiger partial charge in [0.05, 0.1) is 12.6 Å². The lowest BCUT2D eigenvalue weighted by Crippen LogP contribution is -2.69. The van der Waals surface area contributed by atoms with Crippen LogP contribution in [-0.4, -0.2) is 35.7 Å². The molecule has 1 aliphatic carbocycles. The molecule has 0 aromatic carbocycles. The van der Waals surface area contributed by atoms with E-state index in [9.17, 15) is 0 Å². The second-order valence-corrected chi connectivity index (χ2v) is 4.76. The fraction of sp³-hybridized carbons (Fsp3) is 0.636. The van der Waals surface area contributed by atoms with Crippen LogP contribution in [0.2, 0.25) is 0 Å². The Kier molecular flexibility index (Phi) is 2.04. The van der Waals surface area contributed by atoms with Gasteiger partial charge in [-0.05, 0) is 18.8 Å². The minimum Gasteiger partial charge on any atom is -0.481 e. The number of hydrogen-bond acceptors (Lipinski definition) is 5. The molecule has 0 radical (unpaired) electrons. The average molecular weight is 220 g/mol. The highest BCUT2D eigenvalue weighted by Gasteiger charge is 2.51. The quantitative estimate of drug-likeness (QED) is 0.799. The molecule has 0 bridgehead atoms. The maximum atomic E-state index is 6.28. The molecule has 3 rings (SSSR count). The van der Waals surface area contributed by atoms with Gasteiger partial charge < -0.3 is 15.4 Å². The molecule has 5 nitrogen and oxygen atoms in total. The molecule has 0 unspecified atom stereocenters. The molecule has 1 saturated heterocycles. The highest BCUT2D eigenvalue weighted by Crippen LogP contribution is 2.43. The fourth-order valence-corrected chi connectivity index (χ4v) is 2.32. The van der Waals surface area contributed by atoms with Crippen molar-refractivity contribution in [2.75, 3.05) is 25.1 Å². The summed E-state index contributed by atoms with van der Waals surface area (Å²) in [6.45, 7) is 1.73. The van der Waals surface area contributed by atoms with Crippen molar-refractivity contribution in [3.05, 3.63) is 12.3 Å². The molecule has 2 heterocycles. The monoisotopic (exact) mass is 220 g/mol. The molecule has 2 N–H and O–H groups in total. The largest absolute Gasteiger partial charge is 0.481 e. The number of methoxy groups -OCH3 is 1. The van der Waals surface area contributed by atoms with Crippen LogP contribution in [0.25, 0.3) is 0 Å². The van der Waals surface area contributed by atoms with Gasteiger partial charge >= 0.3 is 0 Å².